The van der Waals surface area contributed by atoms with Gasteiger partial charge in [0.25, 0.3) is 5.91 Å². The standard InChI is InChI=1S/C21H23N3O4/c1-4-28-17-11-14(9-10-16(17)25)19-18(13(3)22-21(27)24-19)20(26)23-15-8-6-5-7-12(15)2/h5-11,19,25H,4H2,1-3H3,(H,23,26)(H2,22,24,27)/t19-/m0/s1. The second-order valence-corrected chi connectivity index (χ2v) is 6.50. The van der Waals surface area contributed by atoms with Crippen molar-refractivity contribution in [2.24, 2.45) is 0 Å². The van der Waals surface area contributed by atoms with Gasteiger partial charge < -0.3 is 25.8 Å². The van der Waals surface area contributed by atoms with E-state index in [1.807, 2.05) is 38.1 Å². The fourth-order valence-electron chi connectivity index (χ4n) is 3.13. The van der Waals surface area contributed by atoms with Gasteiger partial charge in [-0.05, 0) is 50.1 Å². The first kappa shape index (κ1) is 19.3. The van der Waals surface area contributed by atoms with Crippen LogP contribution in [0.5, 0.6) is 11.5 Å². The number of amides is 3. The molecule has 28 heavy (non-hydrogen) atoms. The van der Waals surface area contributed by atoms with Gasteiger partial charge in [0.05, 0.1) is 18.2 Å². The minimum Gasteiger partial charge on any atom is -0.504 e. The Hall–Kier alpha value is -3.48. The summed E-state index contributed by atoms with van der Waals surface area (Å²) in [5.74, 6) is -0.0306. The number of hydrogen-bond donors (Lipinski definition) is 4. The van der Waals surface area contributed by atoms with Gasteiger partial charge in [-0.2, -0.15) is 0 Å². The lowest BCUT2D eigenvalue weighted by Gasteiger charge is -2.29. The minimum atomic E-state index is -0.683. The molecule has 0 unspecified atom stereocenters. The molecule has 0 aromatic heterocycles. The quantitative estimate of drug-likeness (QED) is 0.638. The largest absolute Gasteiger partial charge is 0.504 e. The number of nitrogens with one attached hydrogen (secondary N) is 3. The number of allylic oxidation sites excluding steroid dienone is 1. The van der Waals surface area contributed by atoms with E-state index in [4.69, 9.17) is 4.74 Å². The van der Waals surface area contributed by atoms with E-state index in [0.29, 0.717) is 34.9 Å². The Kier molecular flexibility index (Phi) is 5.54. The molecule has 1 atom stereocenters. The molecular weight excluding hydrogens is 358 g/mol. The van der Waals surface area contributed by atoms with Crippen LogP contribution in [0.1, 0.15) is 31.0 Å². The van der Waals surface area contributed by atoms with Gasteiger partial charge in [0.1, 0.15) is 0 Å². The monoisotopic (exact) mass is 381 g/mol. The molecule has 0 aliphatic carbocycles. The van der Waals surface area contributed by atoms with Crippen molar-refractivity contribution in [3.05, 3.63) is 64.9 Å². The number of ether oxygens (including phenoxy) is 1. The number of aryl methyl sites for hydroxylation is 1. The molecule has 0 bridgehead atoms. The van der Waals surface area contributed by atoms with Gasteiger partial charge in [-0.3, -0.25) is 4.79 Å². The second-order valence-electron chi connectivity index (χ2n) is 6.50. The number of carbonyl (C=O) groups excluding carboxylic acids is 2. The third-order valence-corrected chi connectivity index (χ3v) is 4.52. The van der Waals surface area contributed by atoms with Crippen LogP contribution in [-0.2, 0) is 4.79 Å². The summed E-state index contributed by atoms with van der Waals surface area (Å²) in [4.78, 5) is 25.1. The first-order valence-electron chi connectivity index (χ1n) is 9.01. The van der Waals surface area contributed by atoms with E-state index >= 15 is 0 Å². The maximum absolute atomic E-state index is 13.1. The van der Waals surface area contributed by atoms with Gasteiger partial charge in [-0.15, -0.1) is 0 Å². The first-order valence-corrected chi connectivity index (χ1v) is 9.01. The molecule has 0 radical (unpaired) electrons. The number of urea groups is 1. The molecule has 1 aliphatic rings. The van der Waals surface area contributed by atoms with Crippen molar-refractivity contribution >= 4 is 17.6 Å². The van der Waals surface area contributed by atoms with Crippen LogP contribution >= 0.6 is 0 Å². The average Bonchev–Trinajstić information content (AvgIpc) is 2.65. The summed E-state index contributed by atoms with van der Waals surface area (Å²) in [5, 5.41) is 18.3. The molecule has 0 fully saturated rings. The second kappa shape index (κ2) is 8.04. The van der Waals surface area contributed by atoms with Crippen molar-refractivity contribution in [3.8, 4) is 11.5 Å². The lowest BCUT2D eigenvalue weighted by Crippen LogP contribution is -2.46. The van der Waals surface area contributed by atoms with Crippen molar-refractivity contribution in [2.75, 3.05) is 11.9 Å². The Morgan fingerprint density at radius 2 is 1.96 bits per heavy atom. The van der Waals surface area contributed by atoms with E-state index in [1.54, 1.807) is 19.1 Å². The van der Waals surface area contributed by atoms with E-state index in [2.05, 4.69) is 16.0 Å². The fourth-order valence-corrected chi connectivity index (χ4v) is 3.13. The van der Waals surface area contributed by atoms with Crippen LogP contribution in [0.2, 0.25) is 0 Å². The van der Waals surface area contributed by atoms with Gasteiger partial charge in [0.15, 0.2) is 11.5 Å². The molecule has 0 saturated heterocycles. The van der Waals surface area contributed by atoms with Crippen LogP contribution in [0.25, 0.3) is 0 Å². The number of para-hydroxylation sites is 1. The Morgan fingerprint density at radius 1 is 1.21 bits per heavy atom. The highest BCUT2D eigenvalue weighted by Gasteiger charge is 2.31. The fraction of sp³-hybridized carbons (Fsp3) is 0.238. The van der Waals surface area contributed by atoms with Crippen LogP contribution < -0.4 is 20.7 Å². The summed E-state index contributed by atoms with van der Waals surface area (Å²) in [5.41, 5.74) is 3.11. The lowest BCUT2D eigenvalue weighted by atomic mass is 9.94. The highest BCUT2D eigenvalue weighted by Crippen LogP contribution is 2.34. The molecule has 1 aliphatic heterocycles. The topological polar surface area (TPSA) is 99.7 Å². The molecule has 3 rings (SSSR count). The molecule has 1 heterocycles. The van der Waals surface area contributed by atoms with Gasteiger partial charge in [0.2, 0.25) is 0 Å². The van der Waals surface area contributed by atoms with Crippen LogP contribution in [0.4, 0.5) is 10.5 Å². The van der Waals surface area contributed by atoms with Crippen LogP contribution in [0.15, 0.2) is 53.7 Å². The van der Waals surface area contributed by atoms with Crippen molar-refractivity contribution < 1.29 is 19.4 Å². The first-order chi connectivity index (χ1) is 13.4. The number of benzene rings is 2. The third-order valence-electron chi connectivity index (χ3n) is 4.52. The number of carbonyl (C=O) groups is 2. The molecular formula is C21H23N3O4. The Labute approximate surface area is 163 Å². The summed E-state index contributed by atoms with van der Waals surface area (Å²) in [6.45, 7) is 5.78. The van der Waals surface area contributed by atoms with Crippen molar-refractivity contribution in [2.45, 2.75) is 26.8 Å². The zero-order valence-electron chi connectivity index (χ0n) is 16.0. The maximum atomic E-state index is 13.1. The number of hydrogen-bond acceptors (Lipinski definition) is 4. The van der Waals surface area contributed by atoms with Crippen molar-refractivity contribution in [1.29, 1.82) is 0 Å². The van der Waals surface area contributed by atoms with Crippen molar-refractivity contribution in [1.82, 2.24) is 10.6 Å². The number of rotatable bonds is 5. The van der Waals surface area contributed by atoms with E-state index in [0.717, 1.165) is 5.56 Å². The van der Waals surface area contributed by atoms with Gasteiger partial charge >= 0.3 is 6.03 Å². The van der Waals surface area contributed by atoms with Gasteiger partial charge in [-0.25, -0.2) is 4.79 Å². The minimum absolute atomic E-state index is 0.00234. The summed E-state index contributed by atoms with van der Waals surface area (Å²) in [6.07, 6.45) is 0. The molecule has 2 aromatic rings. The zero-order chi connectivity index (χ0) is 20.3. The molecule has 0 spiro atoms. The maximum Gasteiger partial charge on any atom is 0.319 e. The zero-order valence-corrected chi connectivity index (χ0v) is 16.0. The molecule has 4 N–H and O–H groups in total. The third kappa shape index (κ3) is 3.93. The van der Waals surface area contributed by atoms with Crippen molar-refractivity contribution in [3.63, 3.8) is 0 Å². The Balaban J connectivity index is 1.98. The molecule has 146 valence electrons. The summed E-state index contributed by atoms with van der Waals surface area (Å²) < 4.78 is 5.43. The predicted molar refractivity (Wildman–Crippen MR) is 106 cm³/mol. The normalized spacial score (nSPS) is 16.2. The van der Waals surface area contributed by atoms with E-state index in [9.17, 15) is 14.7 Å². The summed E-state index contributed by atoms with van der Waals surface area (Å²) in [7, 11) is 0. The summed E-state index contributed by atoms with van der Waals surface area (Å²) in [6, 6.07) is 11.2. The van der Waals surface area contributed by atoms with E-state index in [-0.39, 0.29) is 11.7 Å². The van der Waals surface area contributed by atoms with Crippen LogP contribution in [0.3, 0.4) is 0 Å². The van der Waals surface area contributed by atoms with Crippen LogP contribution in [-0.4, -0.2) is 23.7 Å². The SMILES string of the molecule is CCOc1cc([C@@H]2NC(=O)NC(C)=C2C(=O)Nc2ccccc2C)ccc1O. The smallest absolute Gasteiger partial charge is 0.319 e. The van der Waals surface area contributed by atoms with Gasteiger partial charge in [0, 0.05) is 11.4 Å². The molecule has 2 aromatic carbocycles. The van der Waals surface area contributed by atoms with E-state index < -0.39 is 12.1 Å². The highest BCUT2D eigenvalue weighted by molar-refractivity contribution is 6.07. The molecule has 3 amide bonds. The molecule has 7 heteroatoms. The average molecular weight is 381 g/mol. The van der Waals surface area contributed by atoms with Gasteiger partial charge in [-0.1, -0.05) is 24.3 Å². The molecule has 7 nitrogen and oxygen atoms in total. The lowest BCUT2D eigenvalue weighted by molar-refractivity contribution is -0.113. The Morgan fingerprint density at radius 3 is 2.68 bits per heavy atom. The summed E-state index contributed by atoms with van der Waals surface area (Å²) >= 11 is 0. The predicted octanol–water partition coefficient (Wildman–Crippen LogP) is 3.37. The Bertz CT molecular complexity index is 952. The highest BCUT2D eigenvalue weighted by atomic mass is 16.5. The van der Waals surface area contributed by atoms with Crippen LogP contribution in [0, 0.1) is 6.92 Å². The number of anilines is 1. The number of phenolic OH excluding ortho intramolecular Hbond substituents is 1. The number of aromatic hydroxyl groups is 1. The number of phenols is 1. The molecule has 0 saturated carbocycles. The van der Waals surface area contributed by atoms with E-state index in [1.165, 1.54) is 6.07 Å².